The Morgan fingerprint density at radius 2 is 1.69 bits per heavy atom. The lowest BCUT2D eigenvalue weighted by Gasteiger charge is -2.26. The van der Waals surface area contributed by atoms with Crippen molar-refractivity contribution in [2.45, 2.75) is 45.6 Å². The van der Waals surface area contributed by atoms with Gasteiger partial charge in [0, 0.05) is 17.7 Å². The number of carbonyl (C=O) groups is 1. The van der Waals surface area contributed by atoms with Crippen molar-refractivity contribution in [2.24, 2.45) is 0 Å². The van der Waals surface area contributed by atoms with Gasteiger partial charge in [-0.25, -0.2) is 0 Å². The highest BCUT2D eigenvalue weighted by Gasteiger charge is 2.41. The highest BCUT2D eigenvalue weighted by Crippen LogP contribution is 2.43. The molecule has 1 atom stereocenters. The summed E-state index contributed by atoms with van der Waals surface area (Å²) >= 11 is 0. The molecule has 1 unspecified atom stereocenters. The van der Waals surface area contributed by atoms with E-state index in [0.29, 0.717) is 12.2 Å². The maximum absolute atomic E-state index is 13.2. The van der Waals surface area contributed by atoms with Crippen molar-refractivity contribution in [3.63, 3.8) is 0 Å². The van der Waals surface area contributed by atoms with Gasteiger partial charge >= 0.3 is 0 Å². The molecule has 32 heavy (non-hydrogen) atoms. The van der Waals surface area contributed by atoms with Crippen LogP contribution in [0.4, 0.5) is 0 Å². The molecule has 4 rings (SSSR count). The van der Waals surface area contributed by atoms with Crippen LogP contribution in [-0.2, 0) is 0 Å². The van der Waals surface area contributed by atoms with E-state index in [2.05, 4.69) is 36.2 Å². The quantitative estimate of drug-likeness (QED) is 0.422. The summed E-state index contributed by atoms with van der Waals surface area (Å²) in [6, 6.07) is 15.7. The van der Waals surface area contributed by atoms with Gasteiger partial charge in [-0.2, -0.15) is 5.10 Å². The van der Waals surface area contributed by atoms with E-state index in [1.54, 1.807) is 7.11 Å². The van der Waals surface area contributed by atoms with Crippen molar-refractivity contribution in [1.29, 1.82) is 0 Å². The molecule has 0 bridgehead atoms. The highest BCUT2D eigenvalue weighted by molar-refractivity contribution is 6.00. The maximum atomic E-state index is 13.2. The van der Waals surface area contributed by atoms with Gasteiger partial charge < -0.3 is 14.4 Å². The van der Waals surface area contributed by atoms with Crippen LogP contribution >= 0.6 is 0 Å². The maximum Gasteiger partial charge on any atom is 0.273 e. The third-order valence-electron chi connectivity index (χ3n) is 5.90. The first-order valence-corrected chi connectivity index (χ1v) is 11.4. The third kappa shape index (κ3) is 4.22. The molecule has 6 nitrogen and oxygen atoms in total. The van der Waals surface area contributed by atoms with Crippen LogP contribution in [0.15, 0.2) is 48.5 Å². The molecule has 0 fully saturated rings. The molecule has 1 aromatic heterocycles. The molecule has 0 saturated heterocycles. The van der Waals surface area contributed by atoms with Crippen LogP contribution in [0, 0.1) is 0 Å². The highest BCUT2D eigenvalue weighted by atomic mass is 16.5. The summed E-state index contributed by atoms with van der Waals surface area (Å²) < 4.78 is 11.2. The van der Waals surface area contributed by atoms with Crippen molar-refractivity contribution in [3.8, 4) is 22.8 Å². The number of rotatable bonds is 10. The molecule has 0 spiro atoms. The van der Waals surface area contributed by atoms with Gasteiger partial charge in [0.05, 0.1) is 25.5 Å². The summed E-state index contributed by atoms with van der Waals surface area (Å²) in [5.41, 5.74) is 4.33. The molecular formula is C26H31N3O3. The fourth-order valence-corrected chi connectivity index (χ4v) is 4.27. The number of amides is 1. The van der Waals surface area contributed by atoms with Gasteiger partial charge in [-0.1, -0.05) is 38.8 Å². The summed E-state index contributed by atoms with van der Waals surface area (Å²) in [6.45, 7) is 5.69. The summed E-state index contributed by atoms with van der Waals surface area (Å²) in [5.74, 6) is 1.65. The molecular weight excluding hydrogens is 402 g/mol. The lowest BCUT2D eigenvalue weighted by Crippen LogP contribution is -2.30. The molecule has 1 amide bonds. The first kappa shape index (κ1) is 21.9. The van der Waals surface area contributed by atoms with Crippen LogP contribution in [-0.4, -0.2) is 41.3 Å². The lowest BCUT2D eigenvalue weighted by atomic mass is 9.96. The van der Waals surface area contributed by atoms with Gasteiger partial charge in [0.25, 0.3) is 5.91 Å². The van der Waals surface area contributed by atoms with E-state index in [0.717, 1.165) is 53.3 Å². The van der Waals surface area contributed by atoms with Crippen molar-refractivity contribution in [3.05, 3.63) is 65.4 Å². The predicted molar refractivity (Wildman–Crippen MR) is 125 cm³/mol. The van der Waals surface area contributed by atoms with E-state index in [1.165, 1.54) is 12.8 Å². The zero-order valence-electron chi connectivity index (χ0n) is 19.1. The smallest absolute Gasteiger partial charge is 0.273 e. The first-order valence-electron chi connectivity index (χ1n) is 11.4. The van der Waals surface area contributed by atoms with Crippen LogP contribution in [0.1, 0.15) is 67.2 Å². The van der Waals surface area contributed by atoms with Crippen LogP contribution in [0.3, 0.4) is 0 Å². The van der Waals surface area contributed by atoms with Gasteiger partial charge in [-0.15, -0.1) is 0 Å². The number of ether oxygens (including phenoxy) is 2. The van der Waals surface area contributed by atoms with Gasteiger partial charge in [0.2, 0.25) is 0 Å². The Balaban J connectivity index is 1.67. The van der Waals surface area contributed by atoms with Crippen molar-refractivity contribution in [2.75, 3.05) is 20.3 Å². The van der Waals surface area contributed by atoms with Crippen LogP contribution in [0.5, 0.6) is 11.5 Å². The van der Waals surface area contributed by atoms with Gasteiger partial charge in [-0.3, -0.25) is 9.89 Å². The Hall–Kier alpha value is -3.28. The van der Waals surface area contributed by atoms with Gasteiger partial charge in [0.15, 0.2) is 0 Å². The predicted octanol–water partition coefficient (Wildman–Crippen LogP) is 5.61. The summed E-state index contributed by atoms with van der Waals surface area (Å²) in [4.78, 5) is 15.1. The first-order chi connectivity index (χ1) is 15.7. The van der Waals surface area contributed by atoms with E-state index < -0.39 is 0 Å². The minimum Gasteiger partial charge on any atom is -0.497 e. The fraction of sp³-hybridized carbons (Fsp3) is 0.385. The van der Waals surface area contributed by atoms with E-state index in [9.17, 15) is 4.79 Å². The number of nitrogens with one attached hydrogen (secondary N) is 1. The number of aromatic nitrogens is 2. The van der Waals surface area contributed by atoms with Crippen molar-refractivity contribution in [1.82, 2.24) is 15.1 Å². The molecule has 2 heterocycles. The number of hydrogen-bond donors (Lipinski definition) is 1. The van der Waals surface area contributed by atoms with Crippen molar-refractivity contribution < 1.29 is 14.3 Å². The van der Waals surface area contributed by atoms with Crippen molar-refractivity contribution >= 4 is 5.91 Å². The number of H-pyrrole nitrogens is 1. The topological polar surface area (TPSA) is 67.5 Å². The van der Waals surface area contributed by atoms with Gasteiger partial charge in [-0.05, 0) is 54.8 Å². The van der Waals surface area contributed by atoms with E-state index >= 15 is 0 Å². The Bertz CT molecular complexity index is 1040. The Morgan fingerprint density at radius 3 is 2.34 bits per heavy atom. The minimum atomic E-state index is -0.178. The number of fused-ring (bicyclic) bond motifs is 1. The second-order valence-electron chi connectivity index (χ2n) is 8.12. The molecule has 2 aromatic carbocycles. The summed E-state index contributed by atoms with van der Waals surface area (Å²) in [5, 5.41) is 7.53. The summed E-state index contributed by atoms with van der Waals surface area (Å²) in [7, 11) is 1.65. The molecule has 1 aliphatic heterocycles. The van der Waals surface area contributed by atoms with Gasteiger partial charge in [0.1, 0.15) is 17.2 Å². The Kier molecular flexibility index (Phi) is 6.78. The zero-order chi connectivity index (χ0) is 22.5. The Morgan fingerprint density at radius 1 is 0.969 bits per heavy atom. The number of unbranched alkanes of at least 4 members (excludes halogenated alkanes) is 2. The molecule has 0 saturated carbocycles. The fourth-order valence-electron chi connectivity index (χ4n) is 4.27. The number of methoxy groups -OCH3 is 1. The van der Waals surface area contributed by atoms with Crippen LogP contribution in [0.2, 0.25) is 0 Å². The standard InChI is InChI=1S/C26H31N3O3/c1-4-6-7-17-32-21-14-10-19(11-15-21)25-22-23(18-8-12-20(31-3)13-9-18)27-28-24(22)26(30)29(25)16-5-2/h8-15,25H,4-7,16-17H2,1-3H3,(H,27,28). The molecule has 0 aliphatic carbocycles. The second-order valence-corrected chi connectivity index (χ2v) is 8.12. The average Bonchev–Trinajstić information content (AvgIpc) is 3.37. The van der Waals surface area contributed by atoms with E-state index in [1.807, 2.05) is 41.3 Å². The molecule has 3 aromatic rings. The van der Waals surface area contributed by atoms with Crippen LogP contribution in [0.25, 0.3) is 11.3 Å². The SMILES string of the molecule is CCCCCOc1ccc(C2c3c(-c4ccc(OC)cc4)n[nH]c3C(=O)N2CCC)cc1. The summed E-state index contributed by atoms with van der Waals surface area (Å²) in [6.07, 6.45) is 4.29. The number of carbonyl (C=O) groups excluding carboxylic acids is 1. The number of hydrogen-bond acceptors (Lipinski definition) is 4. The number of aromatic amines is 1. The number of benzene rings is 2. The zero-order valence-corrected chi connectivity index (χ0v) is 19.1. The van der Waals surface area contributed by atoms with E-state index in [4.69, 9.17) is 9.47 Å². The molecule has 6 heteroatoms. The minimum absolute atomic E-state index is 0.000922. The third-order valence-corrected chi connectivity index (χ3v) is 5.90. The molecule has 1 aliphatic rings. The van der Waals surface area contributed by atoms with Crippen LogP contribution < -0.4 is 9.47 Å². The number of nitrogens with zero attached hydrogens (tertiary/aromatic N) is 2. The molecule has 1 N–H and O–H groups in total. The molecule has 168 valence electrons. The largest absolute Gasteiger partial charge is 0.497 e. The monoisotopic (exact) mass is 433 g/mol. The second kappa shape index (κ2) is 9.90. The molecule has 0 radical (unpaired) electrons. The Labute approximate surface area is 189 Å². The average molecular weight is 434 g/mol. The lowest BCUT2D eigenvalue weighted by molar-refractivity contribution is 0.0744. The van der Waals surface area contributed by atoms with E-state index in [-0.39, 0.29) is 11.9 Å². The normalized spacial score (nSPS) is 15.2.